The maximum Gasteiger partial charge on any atom is 0.313 e. The quantitative estimate of drug-likeness (QED) is 0.679. The summed E-state index contributed by atoms with van der Waals surface area (Å²) in [6.07, 6.45) is 1.22. The Morgan fingerprint density at radius 2 is 2.22 bits per heavy atom. The number of hydrogen-bond donors (Lipinski definition) is 1. The van der Waals surface area contributed by atoms with Gasteiger partial charge in [0.05, 0.1) is 15.5 Å². The Kier molecular flexibility index (Phi) is 4.09. The zero-order chi connectivity index (χ0) is 13.3. The Balaban J connectivity index is 2.33. The van der Waals surface area contributed by atoms with E-state index in [2.05, 4.69) is 15.9 Å². The summed E-state index contributed by atoms with van der Waals surface area (Å²) >= 11 is 8.97. The SMILES string of the molecule is O=[N+]([O-])c1cc(Cl)cc(Br)c1O[C@H]1CCC[C@@H]1O. The van der Waals surface area contributed by atoms with E-state index in [4.69, 9.17) is 16.3 Å². The lowest BCUT2D eigenvalue weighted by Crippen LogP contribution is -2.26. The first-order valence-electron chi connectivity index (χ1n) is 5.47. The third-order valence-electron chi connectivity index (χ3n) is 2.87. The molecular weight excluding hydrogens is 325 g/mol. The second-order valence-corrected chi connectivity index (χ2v) is 5.44. The molecule has 0 unspecified atom stereocenters. The largest absolute Gasteiger partial charge is 0.480 e. The number of halogens is 2. The van der Waals surface area contributed by atoms with E-state index < -0.39 is 17.1 Å². The van der Waals surface area contributed by atoms with Crippen LogP contribution in [-0.2, 0) is 0 Å². The van der Waals surface area contributed by atoms with E-state index >= 15 is 0 Å². The summed E-state index contributed by atoms with van der Waals surface area (Å²) in [4.78, 5) is 10.4. The topological polar surface area (TPSA) is 72.6 Å². The number of hydrogen-bond acceptors (Lipinski definition) is 4. The van der Waals surface area contributed by atoms with Gasteiger partial charge in [-0.15, -0.1) is 0 Å². The van der Waals surface area contributed by atoms with Crippen molar-refractivity contribution < 1.29 is 14.8 Å². The van der Waals surface area contributed by atoms with Crippen molar-refractivity contribution in [2.75, 3.05) is 0 Å². The first-order valence-corrected chi connectivity index (χ1v) is 6.64. The molecule has 1 saturated carbocycles. The van der Waals surface area contributed by atoms with E-state index in [0.29, 0.717) is 17.3 Å². The van der Waals surface area contributed by atoms with Crippen molar-refractivity contribution in [3.63, 3.8) is 0 Å². The number of aliphatic hydroxyl groups excluding tert-OH is 1. The van der Waals surface area contributed by atoms with Crippen LogP contribution in [0, 0.1) is 10.1 Å². The summed E-state index contributed by atoms with van der Waals surface area (Å²) in [6, 6.07) is 2.77. The maximum atomic E-state index is 11.0. The predicted octanol–water partition coefficient (Wildman–Crippen LogP) is 3.30. The number of nitro benzene ring substituents is 1. The molecule has 7 heteroatoms. The Hall–Kier alpha value is -0.850. The second-order valence-electron chi connectivity index (χ2n) is 4.15. The lowest BCUT2D eigenvalue weighted by Gasteiger charge is -2.18. The summed E-state index contributed by atoms with van der Waals surface area (Å²) in [5.41, 5.74) is -0.200. The molecule has 18 heavy (non-hydrogen) atoms. The van der Waals surface area contributed by atoms with Crippen LogP contribution in [0.5, 0.6) is 5.75 Å². The minimum absolute atomic E-state index is 0.121. The van der Waals surface area contributed by atoms with E-state index in [1.54, 1.807) is 0 Å². The van der Waals surface area contributed by atoms with Gasteiger partial charge in [0.2, 0.25) is 5.75 Å². The van der Waals surface area contributed by atoms with Gasteiger partial charge < -0.3 is 9.84 Å². The zero-order valence-electron chi connectivity index (χ0n) is 9.31. The minimum Gasteiger partial charge on any atom is -0.480 e. The van der Waals surface area contributed by atoms with E-state index in [1.807, 2.05) is 0 Å². The zero-order valence-corrected chi connectivity index (χ0v) is 11.6. The van der Waals surface area contributed by atoms with Crippen LogP contribution < -0.4 is 4.74 Å². The Morgan fingerprint density at radius 3 is 2.78 bits per heavy atom. The highest BCUT2D eigenvalue weighted by Crippen LogP contribution is 2.40. The first kappa shape index (κ1) is 13.6. The Morgan fingerprint density at radius 1 is 1.50 bits per heavy atom. The molecule has 0 radical (unpaired) electrons. The molecule has 0 aromatic heterocycles. The van der Waals surface area contributed by atoms with Crippen molar-refractivity contribution >= 4 is 33.2 Å². The fourth-order valence-corrected chi connectivity index (χ4v) is 2.88. The monoisotopic (exact) mass is 335 g/mol. The van der Waals surface area contributed by atoms with Gasteiger partial charge in [0.25, 0.3) is 0 Å². The maximum absolute atomic E-state index is 11.0. The van der Waals surface area contributed by atoms with Crippen molar-refractivity contribution in [1.82, 2.24) is 0 Å². The molecule has 2 rings (SSSR count). The lowest BCUT2D eigenvalue weighted by atomic mass is 10.2. The number of aliphatic hydroxyl groups is 1. The van der Waals surface area contributed by atoms with E-state index in [9.17, 15) is 15.2 Å². The van der Waals surface area contributed by atoms with Crippen LogP contribution in [-0.4, -0.2) is 22.2 Å². The van der Waals surface area contributed by atoms with Crippen molar-refractivity contribution in [3.8, 4) is 5.75 Å². The molecule has 1 aromatic carbocycles. The number of ether oxygens (including phenoxy) is 1. The fraction of sp³-hybridized carbons (Fsp3) is 0.455. The van der Waals surface area contributed by atoms with Gasteiger partial charge in [-0.2, -0.15) is 0 Å². The number of benzene rings is 1. The molecule has 5 nitrogen and oxygen atoms in total. The van der Waals surface area contributed by atoms with Gasteiger partial charge in [-0.25, -0.2) is 0 Å². The summed E-state index contributed by atoms with van der Waals surface area (Å²) in [7, 11) is 0. The van der Waals surface area contributed by atoms with Crippen LogP contribution in [0.3, 0.4) is 0 Å². The number of rotatable bonds is 3. The summed E-state index contributed by atoms with van der Waals surface area (Å²) in [6.45, 7) is 0. The van der Waals surface area contributed by atoms with Gasteiger partial charge in [-0.1, -0.05) is 11.6 Å². The molecule has 0 bridgehead atoms. The van der Waals surface area contributed by atoms with Gasteiger partial charge in [0.1, 0.15) is 6.10 Å². The molecule has 0 spiro atoms. The standard InChI is InChI=1S/C11H11BrClNO4/c12-7-4-6(13)5-8(14(16)17)11(7)18-10-3-1-2-9(10)15/h4-5,9-10,15H,1-3H2/t9-,10-/m0/s1. The highest BCUT2D eigenvalue weighted by atomic mass is 79.9. The van der Waals surface area contributed by atoms with Crippen LogP contribution in [0.15, 0.2) is 16.6 Å². The molecule has 0 saturated heterocycles. The molecule has 2 atom stereocenters. The molecule has 1 aliphatic carbocycles. The van der Waals surface area contributed by atoms with E-state index in [1.165, 1.54) is 12.1 Å². The normalized spacial score (nSPS) is 23.1. The van der Waals surface area contributed by atoms with Gasteiger partial charge in [-0.05, 0) is 41.3 Å². The number of nitrogens with zero attached hydrogens (tertiary/aromatic N) is 1. The highest BCUT2D eigenvalue weighted by molar-refractivity contribution is 9.10. The van der Waals surface area contributed by atoms with Crippen LogP contribution in [0.2, 0.25) is 5.02 Å². The predicted molar refractivity (Wildman–Crippen MR) is 70.1 cm³/mol. The molecular formula is C11H11BrClNO4. The molecule has 0 heterocycles. The molecule has 0 amide bonds. The van der Waals surface area contributed by atoms with Gasteiger partial charge in [-0.3, -0.25) is 10.1 Å². The molecule has 0 aliphatic heterocycles. The van der Waals surface area contributed by atoms with Crippen molar-refractivity contribution in [2.45, 2.75) is 31.5 Å². The second kappa shape index (κ2) is 5.42. The molecule has 1 fully saturated rings. The Labute approximate surface area is 117 Å². The fourth-order valence-electron chi connectivity index (χ4n) is 1.99. The third-order valence-corrected chi connectivity index (χ3v) is 3.68. The van der Waals surface area contributed by atoms with Crippen molar-refractivity contribution in [3.05, 3.63) is 31.7 Å². The number of nitro groups is 1. The van der Waals surface area contributed by atoms with Gasteiger partial charge in [0.15, 0.2) is 0 Å². The first-order chi connectivity index (χ1) is 8.49. The van der Waals surface area contributed by atoms with Crippen LogP contribution in [0.1, 0.15) is 19.3 Å². The van der Waals surface area contributed by atoms with Crippen LogP contribution in [0.4, 0.5) is 5.69 Å². The smallest absolute Gasteiger partial charge is 0.313 e. The third kappa shape index (κ3) is 2.76. The van der Waals surface area contributed by atoms with Crippen molar-refractivity contribution in [1.29, 1.82) is 0 Å². The molecule has 1 aliphatic rings. The lowest BCUT2D eigenvalue weighted by molar-refractivity contribution is -0.386. The van der Waals surface area contributed by atoms with Crippen LogP contribution >= 0.6 is 27.5 Å². The summed E-state index contributed by atoms with van der Waals surface area (Å²) in [5.74, 6) is 0.121. The Bertz CT molecular complexity index is 482. The summed E-state index contributed by atoms with van der Waals surface area (Å²) in [5, 5.41) is 20.9. The minimum atomic E-state index is -0.577. The average Bonchev–Trinajstić information content (AvgIpc) is 2.67. The molecule has 1 aromatic rings. The van der Waals surface area contributed by atoms with E-state index in [-0.39, 0.29) is 16.5 Å². The van der Waals surface area contributed by atoms with E-state index in [0.717, 1.165) is 6.42 Å². The molecule has 1 N–H and O–H groups in total. The van der Waals surface area contributed by atoms with Gasteiger partial charge in [0, 0.05) is 11.1 Å². The van der Waals surface area contributed by atoms with Gasteiger partial charge >= 0.3 is 5.69 Å². The molecule has 98 valence electrons. The summed E-state index contributed by atoms with van der Waals surface area (Å²) < 4.78 is 5.99. The average molecular weight is 337 g/mol. The van der Waals surface area contributed by atoms with Crippen LogP contribution in [0.25, 0.3) is 0 Å². The van der Waals surface area contributed by atoms with Crippen molar-refractivity contribution in [2.24, 2.45) is 0 Å². The highest BCUT2D eigenvalue weighted by Gasteiger charge is 2.30.